The molecule has 2 fully saturated rings. The predicted molar refractivity (Wildman–Crippen MR) is 137 cm³/mol. The van der Waals surface area contributed by atoms with Crippen molar-refractivity contribution < 1.29 is 24.6 Å². The molecular weight excluding hydrogens is 470 g/mol. The van der Waals surface area contributed by atoms with Gasteiger partial charge >= 0.3 is 5.97 Å². The van der Waals surface area contributed by atoms with Crippen LogP contribution in [0.2, 0.25) is 0 Å². The van der Waals surface area contributed by atoms with E-state index in [1.807, 2.05) is 37.3 Å². The molecule has 2 saturated heterocycles. The molecule has 1 aromatic heterocycles. The number of benzene rings is 3. The first-order valence-electron chi connectivity index (χ1n) is 12.1. The molecule has 6 rings (SSSR count). The summed E-state index contributed by atoms with van der Waals surface area (Å²) in [6.07, 6.45) is 1.72. The Morgan fingerprint density at radius 3 is 2.51 bits per heavy atom. The number of nitrogens with one attached hydrogen (secondary N) is 2. The number of para-hydroxylation sites is 2. The van der Waals surface area contributed by atoms with Crippen LogP contribution in [-0.4, -0.2) is 38.5 Å². The smallest absolute Gasteiger partial charge is 0.325 e. The zero-order valence-corrected chi connectivity index (χ0v) is 20.0. The minimum atomic E-state index is -1.78. The monoisotopic (exact) mass is 495 g/mol. The molecule has 0 bridgehead atoms. The predicted octanol–water partition coefficient (Wildman–Crippen LogP) is 3.70. The molecule has 8 heteroatoms. The number of carbonyl (C=O) groups excluding carboxylic acids is 2. The van der Waals surface area contributed by atoms with Crippen LogP contribution < -0.4 is 10.2 Å². The van der Waals surface area contributed by atoms with E-state index in [-0.39, 0.29) is 12.2 Å². The van der Waals surface area contributed by atoms with Crippen LogP contribution in [0.3, 0.4) is 0 Å². The van der Waals surface area contributed by atoms with Gasteiger partial charge in [0.1, 0.15) is 11.3 Å². The maximum Gasteiger partial charge on any atom is 0.325 e. The highest BCUT2D eigenvalue weighted by molar-refractivity contribution is 6.24. The van der Waals surface area contributed by atoms with Crippen molar-refractivity contribution in [3.8, 4) is 5.75 Å². The van der Waals surface area contributed by atoms with Gasteiger partial charge in [0.05, 0.1) is 17.5 Å². The van der Waals surface area contributed by atoms with Gasteiger partial charge in [-0.15, -0.1) is 0 Å². The first-order valence-corrected chi connectivity index (χ1v) is 12.1. The number of amides is 2. The number of aromatic hydroxyl groups is 1. The van der Waals surface area contributed by atoms with E-state index in [1.54, 1.807) is 42.6 Å². The standard InChI is InChI=1S/C29H25N3O5/c1-16-7-6-8-18(13-16)32-26(34)23-24(27(32)35)29(28(36)37,31-25(23)20-10-3-5-12-22(20)33)14-17-15-30-21-11-4-2-9-19(17)21/h2-13,15,23-25,30-31,33H,14H2,1H3,(H,36,37)/t23-,24-,25-,29+/m0/s1. The van der Waals surface area contributed by atoms with Crippen molar-refractivity contribution in [1.82, 2.24) is 10.3 Å². The molecule has 8 nitrogen and oxygen atoms in total. The van der Waals surface area contributed by atoms with Crippen LogP contribution in [0.4, 0.5) is 5.69 Å². The van der Waals surface area contributed by atoms with Crippen molar-refractivity contribution >= 4 is 34.4 Å². The number of hydrogen-bond acceptors (Lipinski definition) is 5. The van der Waals surface area contributed by atoms with Gasteiger partial charge in [0.15, 0.2) is 0 Å². The van der Waals surface area contributed by atoms with Crippen molar-refractivity contribution in [3.05, 3.63) is 95.7 Å². The molecule has 186 valence electrons. The van der Waals surface area contributed by atoms with Crippen molar-refractivity contribution in [1.29, 1.82) is 0 Å². The molecule has 0 radical (unpaired) electrons. The number of hydrogen-bond donors (Lipinski definition) is 4. The molecule has 0 aliphatic carbocycles. The number of phenolic OH excluding ortho intramolecular Hbond substituents is 1. The third kappa shape index (κ3) is 3.37. The lowest BCUT2D eigenvalue weighted by Gasteiger charge is -2.31. The van der Waals surface area contributed by atoms with Gasteiger partial charge in [0.2, 0.25) is 11.8 Å². The molecule has 0 saturated carbocycles. The molecule has 0 spiro atoms. The van der Waals surface area contributed by atoms with Crippen molar-refractivity contribution in [2.75, 3.05) is 4.90 Å². The van der Waals surface area contributed by atoms with Crippen molar-refractivity contribution in [2.45, 2.75) is 24.9 Å². The summed E-state index contributed by atoms with van der Waals surface area (Å²) in [5, 5.41) is 25.4. The van der Waals surface area contributed by atoms with Gasteiger partial charge in [-0.25, -0.2) is 4.90 Å². The molecule has 37 heavy (non-hydrogen) atoms. The summed E-state index contributed by atoms with van der Waals surface area (Å²) in [4.78, 5) is 45.3. The molecule has 2 amide bonds. The second-order valence-electron chi connectivity index (χ2n) is 9.85. The summed E-state index contributed by atoms with van der Waals surface area (Å²) < 4.78 is 0. The van der Waals surface area contributed by atoms with Crippen LogP contribution in [0.1, 0.15) is 22.7 Å². The Morgan fingerprint density at radius 1 is 1.00 bits per heavy atom. The number of rotatable bonds is 5. The van der Waals surface area contributed by atoms with E-state index in [1.165, 1.54) is 6.07 Å². The van der Waals surface area contributed by atoms with Gasteiger partial charge in [0, 0.05) is 35.1 Å². The molecule has 2 aliphatic heterocycles. The first kappa shape index (κ1) is 23.0. The Morgan fingerprint density at radius 2 is 1.76 bits per heavy atom. The van der Waals surface area contributed by atoms with E-state index in [0.717, 1.165) is 26.9 Å². The Bertz CT molecular complexity index is 1580. The quantitative estimate of drug-likeness (QED) is 0.313. The third-order valence-electron chi connectivity index (χ3n) is 7.71. The lowest BCUT2D eigenvalue weighted by atomic mass is 9.76. The van der Waals surface area contributed by atoms with Gasteiger partial charge in [-0.1, -0.05) is 48.5 Å². The van der Waals surface area contributed by atoms with Crippen molar-refractivity contribution in [3.63, 3.8) is 0 Å². The summed E-state index contributed by atoms with van der Waals surface area (Å²) in [5.74, 6) is -4.53. The Kier molecular flexibility index (Phi) is 5.17. The maximum absolute atomic E-state index is 14.0. The lowest BCUT2D eigenvalue weighted by Crippen LogP contribution is -2.57. The molecule has 4 atom stereocenters. The highest BCUT2D eigenvalue weighted by atomic mass is 16.4. The van der Waals surface area contributed by atoms with E-state index in [2.05, 4.69) is 10.3 Å². The summed E-state index contributed by atoms with van der Waals surface area (Å²) in [6, 6.07) is 20.2. The number of aromatic nitrogens is 1. The van der Waals surface area contributed by atoms with Crippen LogP contribution in [0, 0.1) is 18.8 Å². The number of fused-ring (bicyclic) bond motifs is 2. The van der Waals surface area contributed by atoms with Gasteiger partial charge in [-0.3, -0.25) is 19.7 Å². The summed E-state index contributed by atoms with van der Waals surface area (Å²) in [5.41, 5.74) is 1.44. The number of aromatic amines is 1. The minimum absolute atomic E-state index is 0.0295. The lowest BCUT2D eigenvalue weighted by molar-refractivity contribution is -0.148. The third-order valence-corrected chi connectivity index (χ3v) is 7.71. The SMILES string of the molecule is Cc1cccc(N2C(=O)[C@H]3[C@@H](C2=O)[C@](Cc2c[nH]c4ccccc24)(C(=O)O)N[C@H]3c2ccccc2O)c1. The highest BCUT2D eigenvalue weighted by Gasteiger charge is 2.69. The number of aliphatic carboxylic acids is 1. The second kappa shape index (κ2) is 8.31. The zero-order valence-electron chi connectivity index (χ0n) is 20.0. The van der Waals surface area contributed by atoms with E-state index in [9.17, 15) is 24.6 Å². The van der Waals surface area contributed by atoms with Gasteiger partial charge < -0.3 is 15.2 Å². The molecular formula is C29H25N3O5. The molecule has 3 heterocycles. The largest absolute Gasteiger partial charge is 0.508 e. The van der Waals surface area contributed by atoms with Crippen LogP contribution >= 0.6 is 0 Å². The summed E-state index contributed by atoms with van der Waals surface area (Å²) in [7, 11) is 0. The van der Waals surface area contributed by atoms with E-state index in [4.69, 9.17) is 0 Å². The van der Waals surface area contributed by atoms with E-state index < -0.39 is 41.2 Å². The topological polar surface area (TPSA) is 123 Å². The number of carboxylic acid groups (broad SMARTS) is 1. The molecule has 4 N–H and O–H groups in total. The molecule has 4 aromatic rings. The van der Waals surface area contributed by atoms with Crippen LogP contribution in [0.25, 0.3) is 10.9 Å². The van der Waals surface area contributed by atoms with Crippen molar-refractivity contribution in [2.24, 2.45) is 11.8 Å². The second-order valence-corrected chi connectivity index (χ2v) is 9.85. The number of anilines is 1. The number of carboxylic acids is 1. The average molecular weight is 496 g/mol. The molecule has 2 aliphatic rings. The summed E-state index contributed by atoms with van der Waals surface area (Å²) in [6.45, 7) is 1.86. The normalized spacial score (nSPS) is 25.1. The zero-order chi connectivity index (χ0) is 25.9. The Labute approximate surface area is 212 Å². The maximum atomic E-state index is 14.0. The van der Waals surface area contributed by atoms with Gasteiger partial charge in [-0.05, 0) is 42.3 Å². The number of imide groups is 1. The van der Waals surface area contributed by atoms with E-state index in [0.29, 0.717) is 11.3 Å². The number of aryl methyl sites for hydroxylation is 1. The summed E-state index contributed by atoms with van der Waals surface area (Å²) >= 11 is 0. The average Bonchev–Trinajstić information content (AvgIpc) is 3.52. The fourth-order valence-electron chi connectivity index (χ4n) is 6.06. The number of carbonyl (C=O) groups is 3. The fourth-order valence-corrected chi connectivity index (χ4v) is 6.06. The van der Waals surface area contributed by atoms with Gasteiger partial charge in [-0.2, -0.15) is 0 Å². The van der Waals surface area contributed by atoms with Crippen LogP contribution in [-0.2, 0) is 20.8 Å². The van der Waals surface area contributed by atoms with E-state index >= 15 is 0 Å². The number of phenols is 1. The highest BCUT2D eigenvalue weighted by Crippen LogP contribution is 2.52. The molecule has 3 aromatic carbocycles. The van der Waals surface area contributed by atoms with Crippen LogP contribution in [0.5, 0.6) is 5.75 Å². The fraction of sp³-hybridized carbons (Fsp3) is 0.207. The number of H-pyrrole nitrogens is 1. The Balaban J connectivity index is 1.53. The first-order chi connectivity index (χ1) is 17.8. The van der Waals surface area contributed by atoms with Crippen LogP contribution in [0.15, 0.2) is 79.0 Å². The van der Waals surface area contributed by atoms with Gasteiger partial charge in [0.25, 0.3) is 0 Å². The Hall–Kier alpha value is -4.43. The number of nitrogens with zero attached hydrogens (tertiary/aromatic N) is 1. The molecule has 0 unspecified atom stereocenters. The minimum Gasteiger partial charge on any atom is -0.508 e.